The van der Waals surface area contributed by atoms with Gasteiger partial charge in [-0.25, -0.2) is 0 Å². The molecule has 0 aliphatic rings. The summed E-state index contributed by atoms with van der Waals surface area (Å²) in [7, 11) is -5.65. The third-order valence-electron chi connectivity index (χ3n) is 4.31. The summed E-state index contributed by atoms with van der Waals surface area (Å²) in [6, 6.07) is 8.36. The maximum atomic E-state index is 12.8. The Labute approximate surface area is 181 Å². The fraction of sp³-hybridized carbons (Fsp3) is 0.350. The molecule has 0 radical (unpaired) electrons. The van der Waals surface area contributed by atoms with E-state index in [-0.39, 0.29) is 17.0 Å². The number of rotatable bonds is 7. The molecule has 176 valence electrons. The van der Waals surface area contributed by atoms with Crippen molar-refractivity contribution in [2.24, 2.45) is 5.10 Å². The van der Waals surface area contributed by atoms with E-state index >= 15 is 0 Å². The first-order valence-electron chi connectivity index (χ1n) is 9.36. The quantitative estimate of drug-likeness (QED) is 0.304. The molecule has 0 bridgehead atoms. The average molecular weight is 481 g/mol. The highest BCUT2D eigenvalue weighted by Crippen LogP contribution is 2.31. The summed E-state index contributed by atoms with van der Waals surface area (Å²) in [6.45, 7) is 5.25. The fourth-order valence-corrected chi connectivity index (χ4v) is 3.34. The molecule has 0 unspecified atom stereocenters. The molecule has 0 amide bonds. The monoisotopic (exact) mass is 481 g/mol. The van der Waals surface area contributed by atoms with Crippen LogP contribution >= 0.6 is 0 Å². The highest BCUT2D eigenvalue weighted by molar-refractivity contribution is 7.93. The van der Waals surface area contributed by atoms with Crippen LogP contribution in [-0.4, -0.2) is 26.2 Å². The third-order valence-corrected chi connectivity index (χ3v) is 5.41. The first-order valence-corrected chi connectivity index (χ1v) is 10.8. The Morgan fingerprint density at radius 1 is 1.03 bits per heavy atom. The summed E-state index contributed by atoms with van der Waals surface area (Å²) in [5.41, 5.74) is -5.41. The number of nitrogens with one attached hydrogen (secondary N) is 1. The Hall–Kier alpha value is -2.76. The van der Waals surface area contributed by atoms with Crippen molar-refractivity contribution < 1.29 is 34.8 Å². The molecule has 2 rings (SSSR count). The van der Waals surface area contributed by atoms with E-state index < -0.39 is 27.3 Å². The lowest BCUT2D eigenvalue weighted by atomic mass is 10.1. The first-order chi connectivity index (χ1) is 14.7. The second-order valence-electron chi connectivity index (χ2n) is 6.95. The van der Waals surface area contributed by atoms with Gasteiger partial charge in [0.25, 0.3) is 0 Å². The van der Waals surface area contributed by atoms with Gasteiger partial charge < -0.3 is 0 Å². The number of halogens is 6. The van der Waals surface area contributed by atoms with Gasteiger partial charge in [0.1, 0.15) is 0 Å². The number of nitrogens with zero attached hydrogens (tertiary/aromatic N) is 2. The summed E-state index contributed by atoms with van der Waals surface area (Å²) in [6.07, 6.45) is -3.93. The highest BCUT2D eigenvalue weighted by Gasteiger charge is 2.46. The lowest BCUT2D eigenvalue weighted by Gasteiger charge is -2.21. The molecule has 0 saturated heterocycles. The number of anilines is 2. The van der Waals surface area contributed by atoms with Crippen LogP contribution in [0.1, 0.15) is 37.0 Å². The van der Waals surface area contributed by atoms with Crippen LogP contribution < -0.4 is 9.73 Å². The van der Waals surface area contributed by atoms with Gasteiger partial charge in [-0.1, -0.05) is 18.6 Å². The predicted molar refractivity (Wildman–Crippen MR) is 111 cm³/mol. The minimum atomic E-state index is -5.65. The van der Waals surface area contributed by atoms with Crippen molar-refractivity contribution in [2.75, 3.05) is 16.3 Å². The van der Waals surface area contributed by atoms with E-state index in [4.69, 9.17) is 0 Å². The first kappa shape index (κ1) is 25.5. The number of hydrogen-bond donors (Lipinski definition) is 1. The summed E-state index contributed by atoms with van der Waals surface area (Å²) < 4.78 is 102. The van der Waals surface area contributed by atoms with E-state index in [0.717, 1.165) is 12.1 Å². The van der Waals surface area contributed by atoms with Gasteiger partial charge in [0.15, 0.2) is 0 Å². The maximum absolute atomic E-state index is 12.8. The zero-order chi connectivity index (χ0) is 24.3. The number of alkyl halides is 6. The zero-order valence-electron chi connectivity index (χ0n) is 17.3. The summed E-state index contributed by atoms with van der Waals surface area (Å²) in [5.74, 6) is 0. The van der Waals surface area contributed by atoms with Crippen LogP contribution in [0.3, 0.4) is 0 Å². The molecule has 12 heteroatoms. The molecular weight excluding hydrogens is 460 g/mol. The minimum Gasteiger partial charge on any atom is -0.275 e. The summed E-state index contributed by atoms with van der Waals surface area (Å²) in [4.78, 5) is 0. The molecule has 0 atom stereocenters. The van der Waals surface area contributed by atoms with E-state index in [1.165, 1.54) is 47.0 Å². The van der Waals surface area contributed by atoms with Gasteiger partial charge in [-0.05, 0) is 56.7 Å². The second-order valence-corrected chi connectivity index (χ2v) is 8.63. The van der Waals surface area contributed by atoms with E-state index in [2.05, 4.69) is 5.10 Å². The molecule has 32 heavy (non-hydrogen) atoms. The Kier molecular flexibility index (Phi) is 7.48. The maximum Gasteiger partial charge on any atom is 0.516 e. The highest BCUT2D eigenvalue weighted by atomic mass is 32.2. The normalized spacial score (nSPS) is 13.2. The molecule has 0 aliphatic heterocycles. The molecule has 2 aromatic carbocycles. The lowest BCUT2D eigenvalue weighted by Crippen LogP contribution is -2.30. The van der Waals surface area contributed by atoms with Crippen molar-refractivity contribution in [1.82, 2.24) is 0 Å². The molecule has 2 aromatic rings. The van der Waals surface area contributed by atoms with Crippen LogP contribution in [0.4, 0.5) is 37.7 Å². The molecule has 0 spiro atoms. The van der Waals surface area contributed by atoms with Crippen molar-refractivity contribution in [2.45, 2.75) is 38.9 Å². The topological polar surface area (TPSA) is 61.8 Å². The van der Waals surface area contributed by atoms with E-state index in [9.17, 15) is 34.8 Å². The Morgan fingerprint density at radius 2 is 1.62 bits per heavy atom. The van der Waals surface area contributed by atoms with Crippen molar-refractivity contribution in [3.63, 3.8) is 0 Å². The summed E-state index contributed by atoms with van der Waals surface area (Å²) >= 11 is 0. The van der Waals surface area contributed by atoms with E-state index in [0.29, 0.717) is 24.2 Å². The Morgan fingerprint density at radius 3 is 2.12 bits per heavy atom. The number of hydrogen-bond acceptors (Lipinski definition) is 4. The smallest absolute Gasteiger partial charge is 0.275 e. The van der Waals surface area contributed by atoms with Crippen LogP contribution in [0.15, 0.2) is 47.6 Å². The van der Waals surface area contributed by atoms with Crippen molar-refractivity contribution in [3.8, 4) is 0 Å². The van der Waals surface area contributed by atoms with Crippen molar-refractivity contribution >= 4 is 27.1 Å². The third kappa shape index (κ3) is 6.15. The number of hydrazone groups is 1. The predicted octanol–water partition coefficient (Wildman–Crippen LogP) is 5.92. The van der Waals surface area contributed by atoms with Crippen molar-refractivity contribution in [1.29, 1.82) is 0 Å². The van der Waals surface area contributed by atoms with Crippen LogP contribution in [-0.2, 0) is 16.2 Å². The fourth-order valence-electron chi connectivity index (χ4n) is 2.76. The molecule has 1 N–H and O–H groups in total. The molecule has 0 saturated carbocycles. The number of sulfonamides is 1. The zero-order valence-corrected chi connectivity index (χ0v) is 18.2. The van der Waals surface area contributed by atoms with Gasteiger partial charge >= 0.3 is 21.7 Å². The molecule has 0 aliphatic carbocycles. The van der Waals surface area contributed by atoms with Gasteiger partial charge in [-0.2, -0.15) is 39.9 Å². The Bertz CT molecular complexity index is 1080. The van der Waals surface area contributed by atoms with Crippen LogP contribution in [0.5, 0.6) is 0 Å². The Balaban J connectivity index is 2.47. The number of aryl methyl sites for hydroxylation is 1. The summed E-state index contributed by atoms with van der Waals surface area (Å²) in [5, 5.41) is 5.75. The molecular formula is C20H21F6N3O2S. The van der Waals surface area contributed by atoms with Crippen LogP contribution in [0, 0.1) is 6.92 Å². The molecule has 0 heterocycles. The van der Waals surface area contributed by atoms with Gasteiger partial charge in [0.05, 0.1) is 22.6 Å². The second kappa shape index (κ2) is 9.39. The van der Waals surface area contributed by atoms with Gasteiger partial charge in [-0.3, -0.25) is 9.73 Å². The van der Waals surface area contributed by atoms with Crippen LogP contribution in [0.2, 0.25) is 0 Å². The number of benzene rings is 2. The SMILES string of the molecule is CCCN(/N=C(\C)c1cc(C)ccc1NS(=O)(=O)C(F)(F)F)c1ccc(C(F)(F)F)cc1. The van der Waals surface area contributed by atoms with E-state index in [1.54, 1.807) is 6.92 Å². The van der Waals surface area contributed by atoms with Gasteiger partial charge in [0, 0.05) is 12.1 Å². The standard InChI is InChI=1S/C20H21F6N3O2S/c1-4-11-29(16-8-6-15(7-9-16)19(21,22)23)27-14(3)17-12-13(2)5-10-18(17)28-32(30,31)20(24,25)26/h5-10,12,28H,4,11H2,1-3H3/b27-14+. The molecule has 5 nitrogen and oxygen atoms in total. The average Bonchev–Trinajstić information content (AvgIpc) is 2.67. The van der Waals surface area contributed by atoms with Crippen molar-refractivity contribution in [3.05, 3.63) is 59.2 Å². The van der Waals surface area contributed by atoms with Gasteiger partial charge in [0.2, 0.25) is 0 Å². The van der Waals surface area contributed by atoms with Gasteiger partial charge in [-0.15, -0.1) is 0 Å². The minimum absolute atomic E-state index is 0.103. The molecule has 0 aromatic heterocycles. The van der Waals surface area contributed by atoms with E-state index in [1.807, 2.05) is 6.92 Å². The lowest BCUT2D eigenvalue weighted by molar-refractivity contribution is -0.137. The van der Waals surface area contributed by atoms with Crippen LogP contribution in [0.25, 0.3) is 0 Å². The molecule has 0 fully saturated rings. The largest absolute Gasteiger partial charge is 0.516 e.